The van der Waals surface area contributed by atoms with Gasteiger partial charge < -0.3 is 15.5 Å². The molecule has 0 radical (unpaired) electrons. The van der Waals surface area contributed by atoms with E-state index < -0.39 is 0 Å². The first-order valence-electron chi connectivity index (χ1n) is 7.09. The molecule has 110 valence electrons. The Morgan fingerprint density at radius 2 is 2.10 bits per heavy atom. The highest BCUT2D eigenvalue weighted by molar-refractivity contribution is 5.77. The highest BCUT2D eigenvalue weighted by Gasteiger charge is 2.15. The molecule has 1 aliphatic heterocycles. The molecule has 1 aliphatic rings. The molecule has 0 unspecified atom stereocenters. The van der Waals surface area contributed by atoms with Gasteiger partial charge in [-0.05, 0) is 17.7 Å². The van der Waals surface area contributed by atoms with E-state index >= 15 is 0 Å². The fourth-order valence-electron chi connectivity index (χ4n) is 2.22. The minimum absolute atomic E-state index is 0.0170. The average molecular weight is 279 g/mol. The van der Waals surface area contributed by atoms with Gasteiger partial charge in [0.15, 0.2) is 0 Å². The van der Waals surface area contributed by atoms with Crippen LogP contribution in [0.1, 0.15) is 19.4 Å². The second-order valence-corrected chi connectivity index (χ2v) is 5.40. The quantitative estimate of drug-likeness (QED) is 0.878. The molecule has 0 aromatic heterocycles. The summed E-state index contributed by atoms with van der Waals surface area (Å²) in [5.74, 6) is -0.292. The van der Waals surface area contributed by atoms with Gasteiger partial charge in [-0.3, -0.25) is 4.79 Å². The van der Waals surface area contributed by atoms with Crippen molar-refractivity contribution in [1.29, 1.82) is 0 Å². The van der Waals surface area contributed by atoms with Gasteiger partial charge >= 0.3 is 0 Å². The maximum atomic E-state index is 14.1. The number of halogens is 1. The lowest BCUT2D eigenvalue weighted by molar-refractivity contribution is -0.124. The summed E-state index contributed by atoms with van der Waals surface area (Å²) in [5, 5.41) is 6.04. The number of nitrogens with one attached hydrogen (secondary N) is 2. The predicted octanol–water partition coefficient (Wildman–Crippen LogP) is 1.51. The van der Waals surface area contributed by atoms with Gasteiger partial charge in [0.25, 0.3) is 0 Å². The number of hydrogen-bond donors (Lipinski definition) is 2. The lowest BCUT2D eigenvalue weighted by Crippen LogP contribution is -2.43. The third-order valence-electron chi connectivity index (χ3n) is 3.46. The summed E-state index contributed by atoms with van der Waals surface area (Å²) in [6.07, 6.45) is 0. The van der Waals surface area contributed by atoms with Crippen LogP contribution in [0.15, 0.2) is 18.2 Å². The molecule has 2 rings (SSSR count). The topological polar surface area (TPSA) is 44.4 Å². The van der Waals surface area contributed by atoms with Gasteiger partial charge in [0.05, 0.1) is 5.69 Å². The molecule has 0 aliphatic carbocycles. The van der Waals surface area contributed by atoms with E-state index in [2.05, 4.69) is 10.6 Å². The smallest absolute Gasteiger partial charge is 0.222 e. The van der Waals surface area contributed by atoms with E-state index in [1.807, 2.05) is 24.8 Å². The minimum atomic E-state index is -0.219. The Bertz CT molecular complexity index is 470. The van der Waals surface area contributed by atoms with Gasteiger partial charge in [0.2, 0.25) is 5.91 Å². The number of rotatable bonds is 4. The number of hydrogen-bond acceptors (Lipinski definition) is 3. The first kappa shape index (κ1) is 14.8. The van der Waals surface area contributed by atoms with Crippen LogP contribution in [-0.2, 0) is 11.3 Å². The van der Waals surface area contributed by atoms with Crippen LogP contribution in [-0.4, -0.2) is 32.1 Å². The summed E-state index contributed by atoms with van der Waals surface area (Å²) in [5.41, 5.74) is 1.43. The van der Waals surface area contributed by atoms with E-state index in [1.54, 1.807) is 6.07 Å². The monoisotopic (exact) mass is 279 g/mol. The van der Waals surface area contributed by atoms with Crippen molar-refractivity contribution in [2.24, 2.45) is 5.92 Å². The van der Waals surface area contributed by atoms with Crippen LogP contribution in [0.5, 0.6) is 0 Å². The second kappa shape index (κ2) is 6.70. The molecule has 1 aromatic carbocycles. The predicted molar refractivity (Wildman–Crippen MR) is 78.2 cm³/mol. The van der Waals surface area contributed by atoms with Gasteiger partial charge in [0, 0.05) is 38.6 Å². The van der Waals surface area contributed by atoms with Crippen LogP contribution in [0.2, 0.25) is 0 Å². The van der Waals surface area contributed by atoms with Crippen molar-refractivity contribution in [2.75, 3.05) is 31.1 Å². The zero-order valence-electron chi connectivity index (χ0n) is 12.1. The van der Waals surface area contributed by atoms with Crippen molar-refractivity contribution in [3.8, 4) is 0 Å². The zero-order valence-corrected chi connectivity index (χ0v) is 12.1. The van der Waals surface area contributed by atoms with Crippen LogP contribution < -0.4 is 15.5 Å². The molecule has 1 aromatic rings. The fraction of sp³-hybridized carbons (Fsp3) is 0.533. The van der Waals surface area contributed by atoms with Crippen LogP contribution >= 0.6 is 0 Å². The summed E-state index contributed by atoms with van der Waals surface area (Å²) in [4.78, 5) is 13.5. The first-order valence-corrected chi connectivity index (χ1v) is 7.09. The Hall–Kier alpha value is -1.62. The third-order valence-corrected chi connectivity index (χ3v) is 3.46. The highest BCUT2D eigenvalue weighted by atomic mass is 19.1. The SMILES string of the molecule is CC(C)C(=O)NCc1ccc(N2CCNCC2)c(F)c1. The molecule has 1 heterocycles. The van der Waals surface area contributed by atoms with Crippen molar-refractivity contribution in [3.63, 3.8) is 0 Å². The molecule has 0 spiro atoms. The third kappa shape index (κ3) is 3.70. The summed E-state index contributed by atoms with van der Waals surface area (Å²) in [6, 6.07) is 5.19. The van der Waals surface area contributed by atoms with Gasteiger partial charge in [-0.2, -0.15) is 0 Å². The number of piperazine rings is 1. The van der Waals surface area contributed by atoms with E-state index in [1.165, 1.54) is 6.07 Å². The molecule has 20 heavy (non-hydrogen) atoms. The summed E-state index contributed by atoms with van der Waals surface area (Å²) in [6.45, 7) is 7.45. The van der Waals surface area contributed by atoms with E-state index in [-0.39, 0.29) is 17.6 Å². The van der Waals surface area contributed by atoms with Crippen LogP contribution in [0.4, 0.5) is 10.1 Å². The Kier molecular flexibility index (Phi) is 4.95. The molecular weight excluding hydrogens is 257 g/mol. The van der Waals surface area contributed by atoms with Gasteiger partial charge in [0.1, 0.15) is 5.82 Å². The number of benzene rings is 1. The van der Waals surface area contributed by atoms with E-state index in [0.29, 0.717) is 12.2 Å². The van der Waals surface area contributed by atoms with E-state index in [4.69, 9.17) is 0 Å². The number of nitrogens with zero attached hydrogens (tertiary/aromatic N) is 1. The molecule has 4 nitrogen and oxygen atoms in total. The van der Waals surface area contributed by atoms with Crippen molar-refractivity contribution >= 4 is 11.6 Å². The highest BCUT2D eigenvalue weighted by Crippen LogP contribution is 2.21. The normalized spacial score (nSPS) is 15.5. The Balaban J connectivity index is 2.00. The number of anilines is 1. The lowest BCUT2D eigenvalue weighted by Gasteiger charge is -2.29. The molecule has 1 amide bonds. The van der Waals surface area contributed by atoms with Crippen LogP contribution in [0.3, 0.4) is 0 Å². The lowest BCUT2D eigenvalue weighted by atomic mass is 10.1. The molecular formula is C15H22FN3O. The van der Waals surface area contributed by atoms with E-state index in [0.717, 1.165) is 31.7 Å². The Morgan fingerprint density at radius 1 is 1.40 bits per heavy atom. The standard InChI is InChI=1S/C15H22FN3O/c1-11(2)15(20)18-10-12-3-4-14(13(16)9-12)19-7-5-17-6-8-19/h3-4,9,11,17H,5-8,10H2,1-2H3,(H,18,20). The number of carbonyl (C=O) groups excluding carboxylic acids is 1. The largest absolute Gasteiger partial charge is 0.367 e. The van der Waals surface area contributed by atoms with Crippen LogP contribution in [0.25, 0.3) is 0 Å². The number of carbonyl (C=O) groups is 1. The summed E-state index contributed by atoms with van der Waals surface area (Å²) < 4.78 is 14.1. The molecule has 5 heteroatoms. The molecule has 2 N–H and O–H groups in total. The fourth-order valence-corrected chi connectivity index (χ4v) is 2.22. The first-order chi connectivity index (χ1) is 9.58. The molecule has 0 atom stereocenters. The molecule has 1 saturated heterocycles. The van der Waals surface area contributed by atoms with Gasteiger partial charge in [-0.1, -0.05) is 19.9 Å². The summed E-state index contributed by atoms with van der Waals surface area (Å²) in [7, 11) is 0. The average Bonchev–Trinajstić information content (AvgIpc) is 2.45. The Morgan fingerprint density at radius 3 is 2.70 bits per heavy atom. The van der Waals surface area contributed by atoms with Gasteiger partial charge in [-0.25, -0.2) is 4.39 Å². The van der Waals surface area contributed by atoms with Crippen molar-refractivity contribution in [3.05, 3.63) is 29.6 Å². The van der Waals surface area contributed by atoms with Crippen molar-refractivity contribution in [2.45, 2.75) is 20.4 Å². The van der Waals surface area contributed by atoms with Crippen molar-refractivity contribution in [1.82, 2.24) is 10.6 Å². The zero-order chi connectivity index (χ0) is 14.5. The van der Waals surface area contributed by atoms with Crippen molar-refractivity contribution < 1.29 is 9.18 Å². The van der Waals surface area contributed by atoms with Crippen LogP contribution in [0, 0.1) is 11.7 Å². The maximum Gasteiger partial charge on any atom is 0.222 e. The van der Waals surface area contributed by atoms with E-state index in [9.17, 15) is 9.18 Å². The maximum absolute atomic E-state index is 14.1. The minimum Gasteiger partial charge on any atom is -0.367 e. The molecule has 1 fully saturated rings. The number of amides is 1. The molecule has 0 saturated carbocycles. The summed E-state index contributed by atoms with van der Waals surface area (Å²) >= 11 is 0. The molecule has 0 bridgehead atoms. The Labute approximate surface area is 119 Å². The second-order valence-electron chi connectivity index (χ2n) is 5.40. The van der Waals surface area contributed by atoms with Gasteiger partial charge in [-0.15, -0.1) is 0 Å².